The SMILES string of the molecule is COc1ccc(-c2cc(OC)c([Si](C)(C)C)c(OS(=O)(=O)C(F)(F)F)c2)cc1. The fraction of sp³-hybridized carbons (Fsp3) is 0.333. The number of halogens is 3. The Morgan fingerprint density at radius 3 is 1.82 bits per heavy atom. The summed E-state index contributed by atoms with van der Waals surface area (Å²) in [6.07, 6.45) is 0. The molecule has 0 saturated heterocycles. The highest BCUT2D eigenvalue weighted by atomic mass is 32.2. The second-order valence-corrected chi connectivity index (χ2v) is 13.6. The average molecular weight is 435 g/mol. The van der Waals surface area contributed by atoms with Crippen molar-refractivity contribution in [2.45, 2.75) is 25.1 Å². The molecular formula is C18H21F3O5SSi. The second-order valence-electron chi connectivity index (χ2n) is 7.01. The summed E-state index contributed by atoms with van der Waals surface area (Å²) in [5, 5.41) is 0.347. The lowest BCUT2D eigenvalue weighted by molar-refractivity contribution is -0.0499. The summed E-state index contributed by atoms with van der Waals surface area (Å²) in [6, 6.07) is 9.71. The van der Waals surface area contributed by atoms with E-state index in [-0.39, 0.29) is 11.5 Å². The predicted molar refractivity (Wildman–Crippen MR) is 104 cm³/mol. The van der Waals surface area contributed by atoms with Crippen LogP contribution in [0.1, 0.15) is 0 Å². The van der Waals surface area contributed by atoms with Crippen molar-refractivity contribution in [2.75, 3.05) is 14.2 Å². The van der Waals surface area contributed by atoms with E-state index in [1.54, 1.807) is 30.3 Å². The largest absolute Gasteiger partial charge is 0.534 e. The van der Waals surface area contributed by atoms with Crippen LogP contribution in [0.15, 0.2) is 36.4 Å². The van der Waals surface area contributed by atoms with E-state index in [0.717, 1.165) is 0 Å². The van der Waals surface area contributed by atoms with Crippen molar-refractivity contribution in [3.63, 3.8) is 0 Å². The van der Waals surface area contributed by atoms with Gasteiger partial charge in [-0.1, -0.05) is 31.8 Å². The molecule has 0 saturated carbocycles. The molecule has 2 aromatic rings. The van der Waals surface area contributed by atoms with Crippen LogP contribution in [0.3, 0.4) is 0 Å². The van der Waals surface area contributed by atoms with Gasteiger partial charge in [-0.15, -0.1) is 0 Å². The zero-order valence-electron chi connectivity index (χ0n) is 16.0. The molecular weight excluding hydrogens is 413 g/mol. The fourth-order valence-electron chi connectivity index (χ4n) is 2.67. The van der Waals surface area contributed by atoms with Gasteiger partial charge in [-0.3, -0.25) is 0 Å². The molecule has 2 rings (SSSR count). The maximum atomic E-state index is 12.9. The number of hydrogen-bond donors (Lipinski definition) is 0. The van der Waals surface area contributed by atoms with Gasteiger partial charge in [0.05, 0.1) is 22.3 Å². The summed E-state index contributed by atoms with van der Waals surface area (Å²) >= 11 is 0. The first-order valence-corrected chi connectivity index (χ1v) is 13.1. The van der Waals surface area contributed by atoms with Crippen LogP contribution in [-0.2, 0) is 10.1 Å². The molecule has 0 heterocycles. The van der Waals surface area contributed by atoms with E-state index in [0.29, 0.717) is 22.1 Å². The van der Waals surface area contributed by atoms with Crippen LogP contribution in [0.25, 0.3) is 11.1 Å². The molecule has 10 heteroatoms. The zero-order chi connectivity index (χ0) is 21.3. The van der Waals surface area contributed by atoms with E-state index in [2.05, 4.69) is 4.18 Å². The Morgan fingerprint density at radius 1 is 0.857 bits per heavy atom. The lowest BCUT2D eigenvalue weighted by Crippen LogP contribution is -2.41. The summed E-state index contributed by atoms with van der Waals surface area (Å²) in [5.41, 5.74) is -4.45. The van der Waals surface area contributed by atoms with Gasteiger partial charge in [0.1, 0.15) is 17.2 Å². The molecule has 0 N–H and O–H groups in total. The average Bonchev–Trinajstić information content (AvgIpc) is 2.58. The maximum absolute atomic E-state index is 12.9. The van der Waals surface area contributed by atoms with Gasteiger partial charge in [0.25, 0.3) is 0 Å². The Balaban J connectivity index is 2.71. The van der Waals surface area contributed by atoms with E-state index >= 15 is 0 Å². The summed E-state index contributed by atoms with van der Waals surface area (Å²) in [6.45, 7) is 5.56. The van der Waals surface area contributed by atoms with E-state index in [1.165, 1.54) is 20.3 Å². The van der Waals surface area contributed by atoms with Crippen molar-refractivity contribution in [3.05, 3.63) is 36.4 Å². The Morgan fingerprint density at radius 2 is 1.39 bits per heavy atom. The molecule has 0 spiro atoms. The molecule has 0 amide bonds. The van der Waals surface area contributed by atoms with Crippen LogP contribution in [0.4, 0.5) is 13.2 Å². The molecule has 0 fully saturated rings. The third-order valence-electron chi connectivity index (χ3n) is 3.94. The zero-order valence-corrected chi connectivity index (χ0v) is 17.9. The van der Waals surface area contributed by atoms with Gasteiger partial charge in [-0.25, -0.2) is 0 Å². The standard InChI is InChI=1S/C18H21F3O5SSi/c1-24-14-8-6-12(7-9-14)13-10-15(25-2)17(28(3,4)5)16(11-13)26-27(22,23)18(19,20)21/h6-11H,1-5H3. The number of alkyl halides is 3. The van der Waals surface area contributed by atoms with Crippen LogP contribution in [0, 0.1) is 0 Å². The van der Waals surface area contributed by atoms with Gasteiger partial charge in [0, 0.05) is 5.19 Å². The van der Waals surface area contributed by atoms with Crippen LogP contribution in [0.2, 0.25) is 19.6 Å². The number of hydrogen-bond acceptors (Lipinski definition) is 5. The first-order chi connectivity index (χ1) is 12.8. The minimum atomic E-state index is -5.82. The molecule has 5 nitrogen and oxygen atoms in total. The quantitative estimate of drug-likeness (QED) is 0.388. The normalized spacial score (nSPS) is 12.6. The Labute approximate surface area is 163 Å². The van der Waals surface area contributed by atoms with Crippen molar-refractivity contribution < 1.29 is 35.2 Å². The number of rotatable bonds is 6. The first kappa shape index (κ1) is 22.1. The monoisotopic (exact) mass is 434 g/mol. The molecule has 0 unspecified atom stereocenters. The van der Waals surface area contributed by atoms with Crippen molar-refractivity contribution >= 4 is 23.4 Å². The molecule has 2 aromatic carbocycles. The molecule has 0 aromatic heterocycles. The third-order valence-corrected chi connectivity index (χ3v) is 6.90. The highest BCUT2D eigenvalue weighted by Gasteiger charge is 2.49. The highest BCUT2D eigenvalue weighted by molar-refractivity contribution is 7.88. The summed E-state index contributed by atoms with van der Waals surface area (Å²) < 4.78 is 77.0. The van der Waals surface area contributed by atoms with E-state index in [4.69, 9.17) is 9.47 Å². The van der Waals surface area contributed by atoms with Crippen LogP contribution >= 0.6 is 0 Å². The number of ether oxygens (including phenoxy) is 2. The first-order valence-electron chi connectivity index (χ1n) is 8.18. The maximum Gasteiger partial charge on any atom is 0.534 e. The second kappa shape index (κ2) is 7.67. The minimum absolute atomic E-state index is 0.278. The van der Waals surface area contributed by atoms with Gasteiger partial charge < -0.3 is 13.7 Å². The van der Waals surface area contributed by atoms with E-state index in [9.17, 15) is 21.6 Å². The summed E-state index contributed by atoms with van der Waals surface area (Å²) in [4.78, 5) is 0. The van der Waals surface area contributed by atoms with Crippen LogP contribution in [0.5, 0.6) is 17.2 Å². The third kappa shape index (κ3) is 4.61. The summed E-state index contributed by atoms with van der Waals surface area (Å²) in [5.74, 6) is 0.507. The molecule has 154 valence electrons. The van der Waals surface area contributed by atoms with Gasteiger partial charge in [0.2, 0.25) is 0 Å². The van der Waals surface area contributed by atoms with Crippen molar-refractivity contribution in [3.8, 4) is 28.4 Å². The Hall–Kier alpha value is -2.20. The minimum Gasteiger partial charge on any atom is -0.497 e. The molecule has 28 heavy (non-hydrogen) atoms. The lowest BCUT2D eigenvalue weighted by atomic mass is 10.0. The van der Waals surface area contributed by atoms with E-state index < -0.39 is 23.7 Å². The predicted octanol–water partition coefficient (Wildman–Crippen LogP) is 4.14. The molecule has 0 radical (unpaired) electrons. The molecule has 0 aliphatic heterocycles. The van der Waals surface area contributed by atoms with Crippen LogP contribution < -0.4 is 18.8 Å². The van der Waals surface area contributed by atoms with Gasteiger partial charge in [-0.2, -0.15) is 21.6 Å². The van der Waals surface area contributed by atoms with Crippen molar-refractivity contribution in [1.82, 2.24) is 0 Å². The van der Waals surface area contributed by atoms with Crippen LogP contribution in [-0.4, -0.2) is 36.2 Å². The number of methoxy groups -OCH3 is 2. The lowest BCUT2D eigenvalue weighted by Gasteiger charge is -2.24. The van der Waals surface area contributed by atoms with Gasteiger partial charge >= 0.3 is 15.6 Å². The van der Waals surface area contributed by atoms with Crippen molar-refractivity contribution in [1.29, 1.82) is 0 Å². The van der Waals surface area contributed by atoms with E-state index in [1.807, 2.05) is 19.6 Å². The fourth-order valence-corrected chi connectivity index (χ4v) is 4.98. The van der Waals surface area contributed by atoms with Gasteiger partial charge in [0.15, 0.2) is 0 Å². The smallest absolute Gasteiger partial charge is 0.497 e. The topological polar surface area (TPSA) is 61.8 Å². The number of benzene rings is 2. The Bertz CT molecular complexity index is 949. The van der Waals surface area contributed by atoms with Crippen molar-refractivity contribution in [2.24, 2.45) is 0 Å². The molecule has 0 bridgehead atoms. The molecule has 0 atom stereocenters. The Kier molecular flexibility index (Phi) is 6.05. The van der Waals surface area contributed by atoms with Gasteiger partial charge in [-0.05, 0) is 35.4 Å². The molecule has 0 aliphatic carbocycles. The summed E-state index contributed by atoms with van der Waals surface area (Å²) in [7, 11) is -5.28. The highest BCUT2D eigenvalue weighted by Crippen LogP contribution is 2.34. The molecule has 0 aliphatic rings.